The normalized spacial score (nSPS) is 14.2. The van der Waals surface area contributed by atoms with E-state index in [2.05, 4.69) is 27.3 Å². The molecule has 4 nitrogen and oxygen atoms in total. The summed E-state index contributed by atoms with van der Waals surface area (Å²) in [5.41, 5.74) is 7.79. The topological polar surface area (TPSA) is 64.3 Å². The Labute approximate surface area is 138 Å². The lowest BCUT2D eigenvalue weighted by Gasteiger charge is -2.16. The van der Waals surface area contributed by atoms with E-state index in [0.29, 0.717) is 19.6 Å². The number of carbonyl (C=O) groups excluding carboxylic acids is 1. The minimum Gasteiger partial charge on any atom is -0.493 e. The summed E-state index contributed by atoms with van der Waals surface area (Å²) in [6.07, 6.45) is 2.44. The number of halogens is 1. The van der Waals surface area contributed by atoms with E-state index in [0.717, 1.165) is 28.6 Å². The van der Waals surface area contributed by atoms with Gasteiger partial charge in [0.2, 0.25) is 5.91 Å². The minimum absolute atomic E-state index is 0.115. The molecule has 0 saturated carbocycles. The van der Waals surface area contributed by atoms with Crippen LogP contribution in [0, 0.1) is 5.92 Å². The van der Waals surface area contributed by atoms with Crippen molar-refractivity contribution in [2.75, 3.05) is 6.61 Å². The van der Waals surface area contributed by atoms with E-state index in [-0.39, 0.29) is 10.9 Å². The Bertz CT molecular complexity index is 563. The van der Waals surface area contributed by atoms with E-state index in [4.69, 9.17) is 22.7 Å². The zero-order chi connectivity index (χ0) is 15.4. The Hall–Kier alpha value is -1.14. The summed E-state index contributed by atoms with van der Waals surface area (Å²) in [5.74, 6) is 0.378. The lowest BCUT2D eigenvalue weighted by molar-refractivity contribution is -0.123. The molecule has 6 heteroatoms. The van der Waals surface area contributed by atoms with Crippen molar-refractivity contribution in [3.63, 3.8) is 0 Å². The van der Waals surface area contributed by atoms with E-state index >= 15 is 0 Å². The molecule has 1 heterocycles. The molecule has 1 aromatic carbocycles. The molecule has 0 aliphatic carbocycles. The van der Waals surface area contributed by atoms with Gasteiger partial charge in [0, 0.05) is 23.0 Å². The summed E-state index contributed by atoms with van der Waals surface area (Å²) in [4.78, 5) is 12.5. The van der Waals surface area contributed by atoms with Gasteiger partial charge in [-0.25, -0.2) is 0 Å². The second-order valence-corrected chi connectivity index (χ2v) is 6.50. The number of hydrogen-bond acceptors (Lipinski definition) is 3. The number of ether oxygens (including phenoxy) is 1. The van der Waals surface area contributed by atoms with Crippen LogP contribution in [0.4, 0.5) is 0 Å². The number of amides is 1. The van der Waals surface area contributed by atoms with Crippen molar-refractivity contribution in [3.8, 4) is 5.75 Å². The van der Waals surface area contributed by atoms with Gasteiger partial charge in [-0.1, -0.05) is 41.5 Å². The lowest BCUT2D eigenvalue weighted by atomic mass is 10.0. The van der Waals surface area contributed by atoms with Gasteiger partial charge in [-0.2, -0.15) is 0 Å². The molecule has 0 aromatic heterocycles. The summed E-state index contributed by atoms with van der Waals surface area (Å²) in [6.45, 7) is 3.12. The number of nitrogens with one attached hydrogen (secondary N) is 1. The SMILES string of the molecule is CCCC(C(=O)NCc1cc(Br)cc2c1OCC2)C(N)=S. The smallest absolute Gasteiger partial charge is 0.230 e. The number of thiocarbonyl (C=S) groups is 1. The highest BCUT2D eigenvalue weighted by Crippen LogP contribution is 2.32. The molecule has 1 atom stereocenters. The molecule has 3 N–H and O–H groups in total. The van der Waals surface area contributed by atoms with Crippen LogP contribution in [0.5, 0.6) is 5.75 Å². The molecule has 0 radical (unpaired) electrons. The van der Waals surface area contributed by atoms with Gasteiger partial charge in [0.1, 0.15) is 5.75 Å². The second-order valence-electron chi connectivity index (χ2n) is 5.11. The number of carbonyl (C=O) groups is 1. The van der Waals surface area contributed by atoms with Crippen molar-refractivity contribution in [2.24, 2.45) is 11.7 Å². The summed E-state index contributed by atoms with van der Waals surface area (Å²) < 4.78 is 6.65. The molecule has 0 fully saturated rings. The van der Waals surface area contributed by atoms with Gasteiger partial charge < -0.3 is 15.8 Å². The number of rotatable bonds is 6. The standard InChI is InChI=1S/C15H19BrN2O2S/c1-2-3-12(14(17)21)15(19)18-8-10-7-11(16)6-9-4-5-20-13(9)10/h6-7,12H,2-5,8H2,1H3,(H2,17,21)(H,18,19). The molecule has 1 aliphatic heterocycles. The van der Waals surface area contributed by atoms with Crippen LogP contribution in [0.15, 0.2) is 16.6 Å². The fourth-order valence-corrected chi connectivity index (χ4v) is 3.25. The molecule has 1 aromatic rings. The minimum atomic E-state index is -0.397. The first-order chi connectivity index (χ1) is 10.0. The van der Waals surface area contributed by atoms with Gasteiger partial charge in [0.15, 0.2) is 0 Å². The zero-order valence-corrected chi connectivity index (χ0v) is 14.4. The third-order valence-corrected chi connectivity index (χ3v) is 4.26. The Balaban J connectivity index is 2.06. The lowest BCUT2D eigenvalue weighted by Crippen LogP contribution is -2.37. The van der Waals surface area contributed by atoms with Gasteiger partial charge in [0.25, 0.3) is 0 Å². The predicted octanol–water partition coefficient (Wildman–Crippen LogP) is 2.70. The van der Waals surface area contributed by atoms with Crippen LogP contribution in [-0.4, -0.2) is 17.5 Å². The summed E-state index contributed by atoms with van der Waals surface area (Å²) in [7, 11) is 0. The van der Waals surface area contributed by atoms with Crippen LogP contribution in [0.25, 0.3) is 0 Å². The van der Waals surface area contributed by atoms with E-state index in [1.165, 1.54) is 5.56 Å². The molecule has 1 aliphatic rings. The first-order valence-corrected chi connectivity index (χ1v) is 8.24. The van der Waals surface area contributed by atoms with Crippen LogP contribution < -0.4 is 15.8 Å². The maximum absolute atomic E-state index is 12.2. The Kier molecular flexibility index (Phi) is 5.58. The molecule has 2 rings (SSSR count). The maximum atomic E-state index is 12.2. The highest BCUT2D eigenvalue weighted by atomic mass is 79.9. The highest BCUT2D eigenvalue weighted by molar-refractivity contribution is 9.10. The van der Waals surface area contributed by atoms with Crippen LogP contribution in [-0.2, 0) is 17.8 Å². The monoisotopic (exact) mass is 370 g/mol. The van der Waals surface area contributed by atoms with Crippen LogP contribution >= 0.6 is 28.1 Å². The quantitative estimate of drug-likeness (QED) is 0.755. The zero-order valence-electron chi connectivity index (χ0n) is 11.9. The molecule has 21 heavy (non-hydrogen) atoms. The Morgan fingerprint density at radius 3 is 3.00 bits per heavy atom. The summed E-state index contributed by atoms with van der Waals surface area (Å²) in [5, 5.41) is 2.91. The molecule has 0 bridgehead atoms. The number of nitrogens with two attached hydrogens (primary N) is 1. The van der Waals surface area contributed by atoms with Crippen molar-refractivity contribution >= 4 is 39.0 Å². The van der Waals surface area contributed by atoms with Crippen molar-refractivity contribution in [2.45, 2.75) is 32.7 Å². The predicted molar refractivity (Wildman–Crippen MR) is 90.4 cm³/mol. The van der Waals surface area contributed by atoms with E-state index in [1.807, 2.05) is 13.0 Å². The molecule has 0 saturated heterocycles. The van der Waals surface area contributed by atoms with E-state index in [9.17, 15) is 4.79 Å². The van der Waals surface area contributed by atoms with Crippen molar-refractivity contribution < 1.29 is 9.53 Å². The number of hydrogen-bond donors (Lipinski definition) is 2. The van der Waals surface area contributed by atoms with E-state index < -0.39 is 5.92 Å². The van der Waals surface area contributed by atoms with Gasteiger partial charge in [-0.05, 0) is 24.1 Å². The Morgan fingerprint density at radius 1 is 1.57 bits per heavy atom. The van der Waals surface area contributed by atoms with E-state index in [1.54, 1.807) is 0 Å². The molecular formula is C15H19BrN2O2S. The number of benzene rings is 1. The third kappa shape index (κ3) is 3.95. The first-order valence-electron chi connectivity index (χ1n) is 7.04. The van der Waals surface area contributed by atoms with Gasteiger partial charge in [0.05, 0.1) is 17.5 Å². The molecule has 114 valence electrons. The number of fused-ring (bicyclic) bond motifs is 1. The van der Waals surface area contributed by atoms with Crippen molar-refractivity contribution in [1.29, 1.82) is 0 Å². The third-order valence-electron chi connectivity index (χ3n) is 3.52. The van der Waals surface area contributed by atoms with Gasteiger partial charge in [-0.15, -0.1) is 0 Å². The van der Waals surface area contributed by atoms with Crippen LogP contribution in [0.3, 0.4) is 0 Å². The Morgan fingerprint density at radius 2 is 2.33 bits per heavy atom. The maximum Gasteiger partial charge on any atom is 0.230 e. The fraction of sp³-hybridized carbons (Fsp3) is 0.467. The van der Waals surface area contributed by atoms with Crippen LogP contribution in [0.2, 0.25) is 0 Å². The highest BCUT2D eigenvalue weighted by Gasteiger charge is 2.22. The van der Waals surface area contributed by atoms with Gasteiger partial charge >= 0.3 is 0 Å². The molecular weight excluding hydrogens is 352 g/mol. The summed E-state index contributed by atoms with van der Waals surface area (Å²) >= 11 is 8.47. The average Bonchev–Trinajstić information content (AvgIpc) is 2.89. The first kappa shape index (κ1) is 16.2. The summed E-state index contributed by atoms with van der Waals surface area (Å²) in [6, 6.07) is 4.03. The van der Waals surface area contributed by atoms with Gasteiger partial charge in [-0.3, -0.25) is 4.79 Å². The van der Waals surface area contributed by atoms with Crippen molar-refractivity contribution in [1.82, 2.24) is 5.32 Å². The van der Waals surface area contributed by atoms with Crippen LogP contribution in [0.1, 0.15) is 30.9 Å². The van der Waals surface area contributed by atoms with Crippen molar-refractivity contribution in [3.05, 3.63) is 27.7 Å². The fourth-order valence-electron chi connectivity index (χ4n) is 2.47. The molecule has 1 amide bonds. The molecule has 0 spiro atoms. The average molecular weight is 371 g/mol. The largest absolute Gasteiger partial charge is 0.493 e. The second kappa shape index (κ2) is 7.22. The molecule has 1 unspecified atom stereocenters.